The number of nitrogens with two attached hydrogens (primary N) is 1. The third-order valence-corrected chi connectivity index (χ3v) is 4.10. The molecular formula is C20H22F3NO2. The van der Waals surface area contributed by atoms with Crippen molar-refractivity contribution in [1.82, 2.24) is 0 Å². The van der Waals surface area contributed by atoms with Gasteiger partial charge in [-0.1, -0.05) is 57.2 Å². The van der Waals surface area contributed by atoms with Gasteiger partial charge in [0.05, 0.1) is 5.92 Å². The molecule has 1 amide bonds. The predicted octanol–water partition coefficient (Wildman–Crippen LogP) is 4.69. The summed E-state index contributed by atoms with van der Waals surface area (Å²) >= 11 is 0. The van der Waals surface area contributed by atoms with Crippen LogP contribution >= 0.6 is 0 Å². The van der Waals surface area contributed by atoms with Crippen LogP contribution in [0, 0.1) is 0 Å². The Morgan fingerprint density at radius 3 is 2.19 bits per heavy atom. The van der Waals surface area contributed by atoms with Gasteiger partial charge in [-0.3, -0.25) is 4.79 Å². The van der Waals surface area contributed by atoms with Crippen molar-refractivity contribution < 1.29 is 22.7 Å². The molecule has 0 heterocycles. The predicted molar refractivity (Wildman–Crippen MR) is 93.9 cm³/mol. The third-order valence-electron chi connectivity index (χ3n) is 4.10. The molecular weight excluding hydrogens is 343 g/mol. The van der Waals surface area contributed by atoms with Gasteiger partial charge >= 0.3 is 6.36 Å². The zero-order chi connectivity index (χ0) is 19.5. The van der Waals surface area contributed by atoms with Gasteiger partial charge in [-0.25, -0.2) is 0 Å². The summed E-state index contributed by atoms with van der Waals surface area (Å²) in [6, 6.07) is 13.2. The van der Waals surface area contributed by atoms with Gasteiger partial charge in [0.2, 0.25) is 5.91 Å². The lowest BCUT2D eigenvalue weighted by Crippen LogP contribution is -2.24. The molecule has 0 aromatic heterocycles. The topological polar surface area (TPSA) is 52.3 Å². The summed E-state index contributed by atoms with van der Waals surface area (Å²) < 4.78 is 41.1. The Bertz CT molecular complexity index is 762. The van der Waals surface area contributed by atoms with Gasteiger partial charge < -0.3 is 10.5 Å². The molecule has 2 aromatic carbocycles. The van der Waals surface area contributed by atoms with Gasteiger partial charge in [-0.15, -0.1) is 13.2 Å². The number of carbonyl (C=O) groups excluding carboxylic acids is 1. The summed E-state index contributed by atoms with van der Waals surface area (Å²) in [5.41, 5.74) is 7.91. The Labute approximate surface area is 151 Å². The molecule has 2 rings (SSSR count). The average molecular weight is 365 g/mol. The van der Waals surface area contributed by atoms with E-state index in [4.69, 9.17) is 5.73 Å². The second kappa shape index (κ2) is 7.40. The third kappa shape index (κ3) is 5.51. The molecule has 0 aliphatic rings. The first kappa shape index (κ1) is 19.8. The minimum absolute atomic E-state index is 0.00484. The highest BCUT2D eigenvalue weighted by Crippen LogP contribution is 2.29. The number of carbonyl (C=O) groups is 1. The minimum Gasteiger partial charge on any atom is -0.406 e. The molecule has 1 atom stereocenters. The van der Waals surface area contributed by atoms with Crippen molar-refractivity contribution in [3.8, 4) is 5.75 Å². The second-order valence-electron chi connectivity index (χ2n) is 7.23. The van der Waals surface area contributed by atoms with E-state index in [0.29, 0.717) is 12.0 Å². The number of rotatable bonds is 5. The zero-order valence-electron chi connectivity index (χ0n) is 14.9. The van der Waals surface area contributed by atoms with E-state index in [2.05, 4.69) is 25.5 Å². The summed E-state index contributed by atoms with van der Waals surface area (Å²) in [5.74, 6) is -1.72. The van der Waals surface area contributed by atoms with E-state index in [0.717, 1.165) is 11.1 Å². The van der Waals surface area contributed by atoms with Crippen molar-refractivity contribution in [2.75, 3.05) is 0 Å². The Kier molecular flexibility index (Phi) is 5.64. The quantitative estimate of drug-likeness (QED) is 0.835. The van der Waals surface area contributed by atoms with Crippen LogP contribution in [0.25, 0.3) is 0 Å². The number of hydrogen-bond donors (Lipinski definition) is 1. The maximum absolute atomic E-state index is 12.4. The van der Waals surface area contributed by atoms with Crippen molar-refractivity contribution in [2.24, 2.45) is 5.73 Å². The number of benzene rings is 2. The summed E-state index contributed by atoms with van der Waals surface area (Å²) in [6.45, 7) is 6.29. The van der Waals surface area contributed by atoms with Crippen LogP contribution in [-0.4, -0.2) is 12.3 Å². The van der Waals surface area contributed by atoms with Crippen LogP contribution in [0.5, 0.6) is 5.75 Å². The lowest BCUT2D eigenvalue weighted by molar-refractivity contribution is -0.274. The van der Waals surface area contributed by atoms with E-state index >= 15 is 0 Å². The summed E-state index contributed by atoms with van der Waals surface area (Å²) in [4.78, 5) is 11.9. The highest BCUT2D eigenvalue weighted by molar-refractivity contribution is 5.82. The SMILES string of the molecule is CC(C)(C)c1ccc(CC(C(N)=O)c2cccc(OC(F)(F)F)c2)cc1. The Hall–Kier alpha value is -2.50. The van der Waals surface area contributed by atoms with Crippen molar-refractivity contribution in [3.63, 3.8) is 0 Å². The first-order chi connectivity index (χ1) is 12.0. The number of primary amides is 1. The molecule has 0 aliphatic carbocycles. The van der Waals surface area contributed by atoms with Crippen LogP contribution in [0.2, 0.25) is 0 Å². The van der Waals surface area contributed by atoms with Gasteiger partial charge in [-0.2, -0.15) is 0 Å². The molecule has 0 saturated heterocycles. The monoisotopic (exact) mass is 365 g/mol. The fourth-order valence-corrected chi connectivity index (χ4v) is 2.69. The molecule has 0 radical (unpaired) electrons. The lowest BCUT2D eigenvalue weighted by Gasteiger charge is -2.20. The van der Waals surface area contributed by atoms with Gasteiger partial charge in [0.1, 0.15) is 5.75 Å². The molecule has 0 aliphatic heterocycles. The molecule has 1 unspecified atom stereocenters. The number of amides is 1. The fourth-order valence-electron chi connectivity index (χ4n) is 2.69. The molecule has 0 saturated carbocycles. The zero-order valence-corrected chi connectivity index (χ0v) is 14.9. The van der Waals surface area contributed by atoms with E-state index in [1.807, 2.05) is 24.3 Å². The molecule has 3 nitrogen and oxygen atoms in total. The number of halogens is 3. The summed E-state index contributed by atoms with van der Waals surface area (Å²) in [5, 5.41) is 0. The van der Waals surface area contributed by atoms with Crippen molar-refractivity contribution in [3.05, 3.63) is 65.2 Å². The van der Waals surface area contributed by atoms with E-state index in [1.165, 1.54) is 18.2 Å². The molecule has 0 spiro atoms. The molecule has 2 N–H and O–H groups in total. The van der Waals surface area contributed by atoms with Crippen molar-refractivity contribution >= 4 is 5.91 Å². The standard InChI is InChI=1S/C20H22F3NO2/c1-19(2,3)15-9-7-13(8-10-15)11-17(18(24)25)14-5-4-6-16(12-14)26-20(21,22)23/h4-10,12,17H,11H2,1-3H3,(H2,24,25). The first-order valence-electron chi connectivity index (χ1n) is 8.20. The maximum Gasteiger partial charge on any atom is 0.573 e. The molecule has 0 bridgehead atoms. The van der Waals surface area contributed by atoms with Gasteiger partial charge in [0.25, 0.3) is 0 Å². The second-order valence-corrected chi connectivity index (χ2v) is 7.23. The van der Waals surface area contributed by atoms with Crippen LogP contribution < -0.4 is 10.5 Å². The van der Waals surface area contributed by atoms with Crippen molar-refractivity contribution in [2.45, 2.75) is 44.9 Å². The van der Waals surface area contributed by atoms with Crippen LogP contribution in [0.4, 0.5) is 13.2 Å². The highest BCUT2D eigenvalue weighted by Gasteiger charge is 2.31. The molecule has 26 heavy (non-hydrogen) atoms. The summed E-state index contributed by atoms with van der Waals surface area (Å²) in [6.07, 6.45) is -4.49. The normalized spacial score (nSPS) is 13.3. The summed E-state index contributed by atoms with van der Waals surface area (Å²) in [7, 11) is 0. The number of alkyl halides is 3. The van der Waals surface area contributed by atoms with Crippen LogP contribution in [0.3, 0.4) is 0 Å². The van der Waals surface area contributed by atoms with Crippen LogP contribution in [-0.2, 0) is 16.6 Å². The average Bonchev–Trinajstić information content (AvgIpc) is 2.50. The lowest BCUT2D eigenvalue weighted by atomic mass is 9.85. The molecule has 0 fully saturated rings. The fraction of sp³-hybridized carbons (Fsp3) is 0.350. The first-order valence-corrected chi connectivity index (χ1v) is 8.20. The van der Waals surface area contributed by atoms with E-state index in [-0.39, 0.29) is 11.2 Å². The highest BCUT2D eigenvalue weighted by atomic mass is 19.4. The molecule has 6 heteroatoms. The van der Waals surface area contributed by atoms with Crippen LogP contribution in [0.1, 0.15) is 43.4 Å². The van der Waals surface area contributed by atoms with E-state index < -0.39 is 18.2 Å². The number of ether oxygens (including phenoxy) is 1. The number of hydrogen-bond acceptors (Lipinski definition) is 2. The largest absolute Gasteiger partial charge is 0.573 e. The van der Waals surface area contributed by atoms with E-state index in [9.17, 15) is 18.0 Å². The van der Waals surface area contributed by atoms with Gasteiger partial charge in [0.15, 0.2) is 0 Å². The molecule has 140 valence electrons. The maximum atomic E-state index is 12.4. The Morgan fingerprint density at radius 2 is 1.69 bits per heavy atom. The smallest absolute Gasteiger partial charge is 0.406 e. The van der Waals surface area contributed by atoms with Gasteiger partial charge in [-0.05, 0) is 40.7 Å². The van der Waals surface area contributed by atoms with Gasteiger partial charge in [0, 0.05) is 0 Å². The van der Waals surface area contributed by atoms with Crippen molar-refractivity contribution in [1.29, 1.82) is 0 Å². The minimum atomic E-state index is -4.79. The Balaban J connectivity index is 2.24. The van der Waals surface area contributed by atoms with Crippen LogP contribution in [0.15, 0.2) is 48.5 Å². The molecule has 2 aromatic rings. The Morgan fingerprint density at radius 1 is 1.08 bits per heavy atom. The van der Waals surface area contributed by atoms with E-state index in [1.54, 1.807) is 6.07 Å².